The molecule has 0 rings (SSSR count). The molecular weight excluding hydrogens is 136 g/mol. The van der Waals surface area contributed by atoms with Gasteiger partial charge in [-0.2, -0.15) is 0 Å². The van der Waals surface area contributed by atoms with Crippen molar-refractivity contribution < 1.29 is 5.11 Å². The maximum absolute atomic E-state index is 9.39. The molecule has 0 aliphatic carbocycles. The second kappa shape index (κ2) is 6.17. The van der Waals surface area contributed by atoms with E-state index in [4.69, 9.17) is 0 Å². The Labute approximate surface area is 69.4 Å². The summed E-state index contributed by atoms with van der Waals surface area (Å²) < 4.78 is 0. The maximum Gasteiger partial charge on any atom is 0.0780 e. The molecule has 0 aromatic heterocycles. The molecule has 0 saturated heterocycles. The number of allylic oxidation sites excluding steroid dienone is 1. The molecule has 0 aliphatic rings. The summed E-state index contributed by atoms with van der Waals surface area (Å²) in [6.07, 6.45) is 7.44. The Bertz CT molecular complexity index is 127. The van der Waals surface area contributed by atoms with E-state index in [9.17, 15) is 5.11 Å². The fourth-order valence-electron chi connectivity index (χ4n) is 0.717. The van der Waals surface area contributed by atoms with Crippen molar-refractivity contribution >= 4 is 0 Å². The maximum atomic E-state index is 9.39. The van der Waals surface area contributed by atoms with Gasteiger partial charge in [-0.05, 0) is 6.42 Å². The Morgan fingerprint density at radius 1 is 1.55 bits per heavy atom. The summed E-state index contributed by atoms with van der Waals surface area (Å²) in [7, 11) is 0. The first kappa shape index (κ1) is 10.4. The number of rotatable bonds is 5. The van der Waals surface area contributed by atoms with Gasteiger partial charge in [0.2, 0.25) is 0 Å². The molecule has 0 aromatic rings. The number of hydrogen-bond donors (Lipinski definition) is 1. The van der Waals surface area contributed by atoms with Crippen molar-refractivity contribution in [2.24, 2.45) is 5.92 Å². The third kappa shape index (κ3) is 4.79. The van der Waals surface area contributed by atoms with E-state index >= 15 is 0 Å². The highest BCUT2D eigenvalue weighted by molar-refractivity contribution is 4.95. The zero-order valence-electron chi connectivity index (χ0n) is 7.46. The molecule has 1 nitrogen and oxygen atoms in total. The van der Waals surface area contributed by atoms with E-state index in [2.05, 4.69) is 13.5 Å². The smallest absolute Gasteiger partial charge is 0.0780 e. The Hall–Kier alpha value is -0.560. The van der Waals surface area contributed by atoms with E-state index in [0.717, 1.165) is 12.8 Å². The number of aliphatic hydroxyl groups is 1. The van der Waals surface area contributed by atoms with E-state index in [-0.39, 0.29) is 12.0 Å². The summed E-state index contributed by atoms with van der Waals surface area (Å²) in [5, 5.41) is 9.39. The average molecular weight is 154 g/mol. The van der Waals surface area contributed by atoms with Crippen LogP contribution in [0.25, 0.3) is 0 Å². The monoisotopic (exact) mass is 154 g/mol. The van der Waals surface area contributed by atoms with Crippen LogP contribution in [0, 0.1) is 5.92 Å². The van der Waals surface area contributed by atoms with Crippen LogP contribution in [0.15, 0.2) is 24.8 Å². The first-order chi connectivity index (χ1) is 5.22. The first-order valence-electron chi connectivity index (χ1n) is 4.19. The van der Waals surface area contributed by atoms with Gasteiger partial charge in [-0.15, -0.1) is 6.58 Å². The van der Waals surface area contributed by atoms with Crippen LogP contribution in [-0.2, 0) is 0 Å². The molecule has 0 radical (unpaired) electrons. The van der Waals surface area contributed by atoms with Crippen LogP contribution in [0.4, 0.5) is 0 Å². The standard InChI is InChI=1S/C10H18O/c1-4-6-7-8-10(11)9(3)5-2/h5,7-11H,2,4,6H2,1,3H3/b8-7+/t9-,10+/m0/s1. The SMILES string of the molecule is C=C[C@H](C)[C@H](O)/C=C/CCC. The molecule has 1 heteroatoms. The lowest BCUT2D eigenvalue weighted by Crippen LogP contribution is -2.11. The summed E-state index contributed by atoms with van der Waals surface area (Å²) in [6.45, 7) is 7.69. The van der Waals surface area contributed by atoms with Gasteiger partial charge in [0.1, 0.15) is 0 Å². The van der Waals surface area contributed by atoms with Gasteiger partial charge < -0.3 is 5.11 Å². The highest BCUT2D eigenvalue weighted by Gasteiger charge is 2.04. The fourth-order valence-corrected chi connectivity index (χ4v) is 0.717. The van der Waals surface area contributed by atoms with Gasteiger partial charge in [-0.3, -0.25) is 0 Å². The van der Waals surface area contributed by atoms with Crippen LogP contribution in [0.5, 0.6) is 0 Å². The van der Waals surface area contributed by atoms with Gasteiger partial charge in [0, 0.05) is 5.92 Å². The quantitative estimate of drug-likeness (QED) is 0.603. The lowest BCUT2D eigenvalue weighted by Gasteiger charge is -2.09. The summed E-state index contributed by atoms with van der Waals surface area (Å²) >= 11 is 0. The molecule has 0 spiro atoms. The molecule has 0 fully saturated rings. The van der Waals surface area contributed by atoms with Crippen LogP contribution in [0.1, 0.15) is 26.7 Å². The number of unbranched alkanes of at least 4 members (excludes halogenated alkanes) is 1. The van der Waals surface area contributed by atoms with Crippen LogP contribution < -0.4 is 0 Å². The minimum absolute atomic E-state index is 0.156. The Morgan fingerprint density at radius 3 is 2.64 bits per heavy atom. The van der Waals surface area contributed by atoms with Crippen molar-refractivity contribution in [3.05, 3.63) is 24.8 Å². The molecule has 0 amide bonds. The van der Waals surface area contributed by atoms with Crippen LogP contribution in [-0.4, -0.2) is 11.2 Å². The second-order valence-electron chi connectivity index (χ2n) is 2.80. The molecule has 0 unspecified atom stereocenters. The van der Waals surface area contributed by atoms with Crippen molar-refractivity contribution in [2.75, 3.05) is 0 Å². The lowest BCUT2D eigenvalue weighted by atomic mass is 10.0. The molecule has 0 aliphatic heterocycles. The van der Waals surface area contributed by atoms with Crippen molar-refractivity contribution in [3.8, 4) is 0 Å². The Morgan fingerprint density at radius 2 is 2.18 bits per heavy atom. The van der Waals surface area contributed by atoms with Crippen molar-refractivity contribution in [3.63, 3.8) is 0 Å². The van der Waals surface area contributed by atoms with E-state index in [1.54, 1.807) is 6.08 Å². The third-order valence-corrected chi connectivity index (χ3v) is 1.70. The molecule has 0 saturated carbocycles. The third-order valence-electron chi connectivity index (χ3n) is 1.70. The van der Waals surface area contributed by atoms with E-state index in [1.807, 2.05) is 19.1 Å². The first-order valence-corrected chi connectivity index (χ1v) is 4.19. The highest BCUT2D eigenvalue weighted by atomic mass is 16.3. The summed E-state index contributed by atoms with van der Waals surface area (Å²) in [5.41, 5.74) is 0. The molecule has 64 valence electrons. The number of aliphatic hydroxyl groups excluding tert-OH is 1. The topological polar surface area (TPSA) is 20.2 Å². The molecule has 0 bridgehead atoms. The second-order valence-corrected chi connectivity index (χ2v) is 2.80. The van der Waals surface area contributed by atoms with Gasteiger partial charge >= 0.3 is 0 Å². The predicted octanol–water partition coefficient (Wildman–Crippen LogP) is 2.53. The summed E-state index contributed by atoms with van der Waals surface area (Å²) in [5.74, 6) is 0.156. The van der Waals surface area contributed by atoms with Gasteiger partial charge in [0.25, 0.3) is 0 Å². The van der Waals surface area contributed by atoms with E-state index in [0.29, 0.717) is 0 Å². The number of hydrogen-bond acceptors (Lipinski definition) is 1. The highest BCUT2D eigenvalue weighted by Crippen LogP contribution is 2.05. The van der Waals surface area contributed by atoms with Crippen molar-refractivity contribution in [1.29, 1.82) is 0 Å². The molecule has 1 N–H and O–H groups in total. The molecule has 2 atom stereocenters. The molecule has 11 heavy (non-hydrogen) atoms. The lowest BCUT2D eigenvalue weighted by molar-refractivity contribution is 0.185. The van der Waals surface area contributed by atoms with Gasteiger partial charge in [-0.25, -0.2) is 0 Å². The van der Waals surface area contributed by atoms with E-state index in [1.165, 1.54) is 0 Å². The van der Waals surface area contributed by atoms with Crippen LogP contribution >= 0.6 is 0 Å². The van der Waals surface area contributed by atoms with Crippen molar-refractivity contribution in [1.82, 2.24) is 0 Å². The van der Waals surface area contributed by atoms with Crippen LogP contribution in [0.3, 0.4) is 0 Å². The normalized spacial score (nSPS) is 16.6. The fraction of sp³-hybridized carbons (Fsp3) is 0.600. The van der Waals surface area contributed by atoms with Crippen LogP contribution in [0.2, 0.25) is 0 Å². The summed E-state index contributed by atoms with van der Waals surface area (Å²) in [4.78, 5) is 0. The Balaban J connectivity index is 3.65. The zero-order chi connectivity index (χ0) is 8.69. The molecule has 0 aromatic carbocycles. The van der Waals surface area contributed by atoms with Gasteiger partial charge in [0.05, 0.1) is 6.10 Å². The average Bonchev–Trinajstić information content (AvgIpc) is 2.03. The van der Waals surface area contributed by atoms with Gasteiger partial charge in [0.15, 0.2) is 0 Å². The molecular formula is C10H18O. The minimum atomic E-state index is -0.362. The predicted molar refractivity (Wildman–Crippen MR) is 49.4 cm³/mol. The Kier molecular flexibility index (Phi) is 5.86. The largest absolute Gasteiger partial charge is 0.388 e. The minimum Gasteiger partial charge on any atom is -0.388 e. The van der Waals surface area contributed by atoms with E-state index < -0.39 is 0 Å². The summed E-state index contributed by atoms with van der Waals surface area (Å²) in [6, 6.07) is 0. The molecule has 0 heterocycles. The van der Waals surface area contributed by atoms with Crippen molar-refractivity contribution in [2.45, 2.75) is 32.8 Å². The van der Waals surface area contributed by atoms with Gasteiger partial charge in [-0.1, -0.05) is 38.5 Å². The zero-order valence-corrected chi connectivity index (χ0v) is 7.46.